The zero-order valence-corrected chi connectivity index (χ0v) is 9.68. The lowest BCUT2D eigenvalue weighted by Gasteiger charge is -1.99. The van der Waals surface area contributed by atoms with Gasteiger partial charge in [-0.3, -0.25) is 0 Å². The van der Waals surface area contributed by atoms with Gasteiger partial charge in [-0.1, -0.05) is 28.1 Å². The van der Waals surface area contributed by atoms with Gasteiger partial charge in [-0.25, -0.2) is 4.98 Å². The molecule has 0 radical (unpaired) electrons. The van der Waals surface area contributed by atoms with Gasteiger partial charge in [0.25, 0.3) is 0 Å². The Bertz CT molecular complexity index is 492. The maximum atomic E-state index is 5.49. The van der Waals surface area contributed by atoms with Gasteiger partial charge in [0, 0.05) is 29.0 Å². The van der Waals surface area contributed by atoms with Gasteiger partial charge in [0.05, 0.1) is 4.99 Å². The van der Waals surface area contributed by atoms with Crippen LogP contribution < -0.4 is 5.73 Å². The first-order valence-corrected chi connectivity index (χ1v) is 5.27. The van der Waals surface area contributed by atoms with Crippen molar-refractivity contribution in [3.05, 3.63) is 34.7 Å². The summed E-state index contributed by atoms with van der Waals surface area (Å²) >= 11 is 8.25. The van der Waals surface area contributed by atoms with Gasteiger partial charge in [0.15, 0.2) is 0 Å². The second-order valence-corrected chi connectivity index (χ2v) is 4.41. The van der Waals surface area contributed by atoms with Crippen LogP contribution in [0.3, 0.4) is 0 Å². The number of hydrogen-bond acceptors (Lipinski definition) is 2. The Labute approximate surface area is 95.1 Å². The summed E-state index contributed by atoms with van der Waals surface area (Å²) in [5.41, 5.74) is 7.39. The van der Waals surface area contributed by atoms with Crippen LogP contribution in [0, 0.1) is 0 Å². The van der Waals surface area contributed by atoms with Crippen LogP contribution in [0.4, 0.5) is 0 Å². The lowest BCUT2D eigenvalue weighted by Crippen LogP contribution is -2.12. The molecule has 0 bridgehead atoms. The first kappa shape index (κ1) is 9.61. The SMILES string of the molecule is NC(=S)Cc1cnc2cc(Br)ccn12. The molecule has 0 fully saturated rings. The maximum absolute atomic E-state index is 5.49. The van der Waals surface area contributed by atoms with Crippen LogP contribution in [0.15, 0.2) is 29.0 Å². The summed E-state index contributed by atoms with van der Waals surface area (Å²) < 4.78 is 2.99. The molecule has 0 aromatic carbocycles. The van der Waals surface area contributed by atoms with E-state index in [1.165, 1.54) is 0 Å². The number of hydrogen-bond donors (Lipinski definition) is 1. The first-order chi connectivity index (χ1) is 6.66. The van der Waals surface area contributed by atoms with E-state index in [-0.39, 0.29) is 0 Å². The number of pyridine rings is 1. The third-order valence-corrected chi connectivity index (χ3v) is 2.54. The highest BCUT2D eigenvalue weighted by Crippen LogP contribution is 2.14. The van der Waals surface area contributed by atoms with Gasteiger partial charge in [0.1, 0.15) is 5.65 Å². The Morgan fingerprint density at radius 1 is 1.64 bits per heavy atom. The van der Waals surface area contributed by atoms with Crippen LogP contribution in [0.1, 0.15) is 5.69 Å². The van der Waals surface area contributed by atoms with Gasteiger partial charge in [-0.05, 0) is 12.1 Å². The van der Waals surface area contributed by atoms with Crippen LogP contribution in [0.5, 0.6) is 0 Å². The van der Waals surface area contributed by atoms with Crippen molar-refractivity contribution in [3.63, 3.8) is 0 Å². The quantitative estimate of drug-likeness (QED) is 0.848. The van der Waals surface area contributed by atoms with E-state index in [1.54, 1.807) is 6.20 Å². The predicted octanol–water partition coefficient (Wildman–Crippen LogP) is 1.93. The predicted molar refractivity (Wildman–Crippen MR) is 63.4 cm³/mol. The molecule has 0 unspecified atom stereocenters. The molecule has 72 valence electrons. The highest BCUT2D eigenvalue weighted by Gasteiger charge is 2.03. The Morgan fingerprint density at radius 2 is 2.43 bits per heavy atom. The number of halogens is 1. The molecule has 2 N–H and O–H groups in total. The number of aromatic nitrogens is 2. The molecule has 0 saturated carbocycles. The van der Waals surface area contributed by atoms with E-state index in [0.29, 0.717) is 11.4 Å². The average Bonchev–Trinajstić information content (AvgIpc) is 2.47. The van der Waals surface area contributed by atoms with Gasteiger partial charge in [0.2, 0.25) is 0 Å². The number of rotatable bonds is 2. The summed E-state index contributed by atoms with van der Waals surface area (Å²) in [6.07, 6.45) is 4.32. The van der Waals surface area contributed by atoms with Crippen molar-refractivity contribution in [2.45, 2.75) is 6.42 Å². The van der Waals surface area contributed by atoms with Crippen LogP contribution in [0.25, 0.3) is 5.65 Å². The third kappa shape index (κ3) is 1.78. The molecule has 0 aliphatic heterocycles. The molecule has 5 heteroatoms. The summed E-state index contributed by atoms with van der Waals surface area (Å²) in [5.74, 6) is 0. The molecule has 2 rings (SSSR count). The number of fused-ring (bicyclic) bond motifs is 1. The molecule has 3 nitrogen and oxygen atoms in total. The van der Waals surface area contributed by atoms with Gasteiger partial charge >= 0.3 is 0 Å². The largest absolute Gasteiger partial charge is 0.393 e. The summed E-state index contributed by atoms with van der Waals surface area (Å²) in [5, 5.41) is 0. The van der Waals surface area contributed by atoms with Gasteiger partial charge in [-0.15, -0.1) is 0 Å². The molecule has 0 spiro atoms. The van der Waals surface area contributed by atoms with Crippen molar-refractivity contribution in [1.82, 2.24) is 9.38 Å². The van der Waals surface area contributed by atoms with Crippen LogP contribution in [0.2, 0.25) is 0 Å². The second-order valence-electron chi connectivity index (χ2n) is 2.97. The Balaban J connectivity index is 2.52. The maximum Gasteiger partial charge on any atom is 0.138 e. The fourth-order valence-electron chi connectivity index (χ4n) is 1.32. The molecular weight excluding hydrogens is 262 g/mol. The smallest absolute Gasteiger partial charge is 0.138 e. The molecule has 14 heavy (non-hydrogen) atoms. The van der Waals surface area contributed by atoms with Crippen molar-refractivity contribution in [2.24, 2.45) is 5.73 Å². The van der Waals surface area contributed by atoms with E-state index >= 15 is 0 Å². The highest BCUT2D eigenvalue weighted by molar-refractivity contribution is 9.10. The molecular formula is C9H8BrN3S. The van der Waals surface area contributed by atoms with Crippen LogP contribution in [-0.2, 0) is 6.42 Å². The van der Waals surface area contributed by atoms with Crippen molar-refractivity contribution in [1.29, 1.82) is 0 Å². The number of thiocarbonyl (C=S) groups is 1. The summed E-state index contributed by atoms with van der Waals surface area (Å²) in [6.45, 7) is 0. The van der Waals surface area contributed by atoms with E-state index in [2.05, 4.69) is 20.9 Å². The van der Waals surface area contributed by atoms with Crippen LogP contribution in [-0.4, -0.2) is 14.4 Å². The zero-order valence-electron chi connectivity index (χ0n) is 7.27. The minimum atomic E-state index is 0.481. The van der Waals surface area contributed by atoms with E-state index in [4.69, 9.17) is 18.0 Å². The molecule has 2 aromatic heterocycles. The number of nitrogens with zero attached hydrogens (tertiary/aromatic N) is 2. The zero-order chi connectivity index (χ0) is 10.1. The fourth-order valence-corrected chi connectivity index (χ4v) is 1.79. The number of imidazole rings is 1. The van der Waals surface area contributed by atoms with E-state index in [9.17, 15) is 0 Å². The molecule has 0 saturated heterocycles. The standard InChI is InChI=1S/C9H8BrN3S/c10-6-1-2-13-7(4-8(11)14)5-12-9(13)3-6/h1-3,5H,4H2,(H2,11,14). The summed E-state index contributed by atoms with van der Waals surface area (Å²) in [4.78, 5) is 4.73. The third-order valence-electron chi connectivity index (χ3n) is 1.91. The first-order valence-electron chi connectivity index (χ1n) is 4.06. The minimum Gasteiger partial charge on any atom is -0.393 e. The van der Waals surface area contributed by atoms with E-state index in [0.717, 1.165) is 15.8 Å². The topological polar surface area (TPSA) is 43.3 Å². The van der Waals surface area contributed by atoms with E-state index < -0.39 is 0 Å². The van der Waals surface area contributed by atoms with Crippen molar-refractivity contribution in [2.75, 3.05) is 0 Å². The molecule has 2 aromatic rings. The van der Waals surface area contributed by atoms with Crippen LogP contribution >= 0.6 is 28.1 Å². The lowest BCUT2D eigenvalue weighted by atomic mass is 10.3. The van der Waals surface area contributed by atoms with Gasteiger partial charge < -0.3 is 10.1 Å². The van der Waals surface area contributed by atoms with Gasteiger partial charge in [-0.2, -0.15) is 0 Å². The lowest BCUT2D eigenvalue weighted by molar-refractivity contribution is 1.07. The molecule has 2 heterocycles. The Morgan fingerprint density at radius 3 is 3.14 bits per heavy atom. The molecule has 0 aliphatic rings. The average molecular weight is 270 g/mol. The highest BCUT2D eigenvalue weighted by atomic mass is 79.9. The Kier molecular flexibility index (Phi) is 2.52. The summed E-state index contributed by atoms with van der Waals surface area (Å²) in [6, 6.07) is 3.90. The molecule has 0 aliphatic carbocycles. The van der Waals surface area contributed by atoms with Crippen molar-refractivity contribution >= 4 is 38.8 Å². The number of nitrogens with two attached hydrogens (primary N) is 1. The fraction of sp³-hybridized carbons (Fsp3) is 0.111. The molecule has 0 atom stereocenters. The minimum absolute atomic E-state index is 0.481. The molecule has 0 amide bonds. The van der Waals surface area contributed by atoms with Crippen molar-refractivity contribution < 1.29 is 0 Å². The monoisotopic (exact) mass is 269 g/mol. The summed E-state index contributed by atoms with van der Waals surface area (Å²) in [7, 11) is 0. The Hall–Kier alpha value is -0.940. The van der Waals surface area contributed by atoms with Crippen molar-refractivity contribution in [3.8, 4) is 0 Å². The second kappa shape index (κ2) is 3.67. The normalized spacial score (nSPS) is 10.6. The van der Waals surface area contributed by atoms with E-state index in [1.807, 2.05) is 22.7 Å².